The number of halogens is 2. The predicted molar refractivity (Wildman–Crippen MR) is 120 cm³/mol. The van der Waals surface area contributed by atoms with Crippen LogP contribution < -0.4 is 56.3 Å². The number of anilines is 1. The van der Waals surface area contributed by atoms with Gasteiger partial charge in [0.05, 0.1) is 26.8 Å². The van der Waals surface area contributed by atoms with Gasteiger partial charge in [0.15, 0.2) is 5.82 Å². The molecule has 0 fully saturated rings. The number of aromatic nitrogens is 2. The minimum Gasteiger partial charge on any atom is -0.744 e. The molecule has 169 valence electrons. The Balaban J connectivity index is 0.00000289. The van der Waals surface area contributed by atoms with E-state index in [1.54, 1.807) is 18.2 Å². The molecule has 0 aliphatic rings. The fourth-order valence-corrected chi connectivity index (χ4v) is 4.00. The fraction of sp³-hybridized carbons (Fsp3) is 0.158. The minimum atomic E-state index is -4.79. The van der Waals surface area contributed by atoms with E-state index in [1.807, 2.05) is 24.9 Å². The molecule has 1 N–H and O–H groups in total. The van der Waals surface area contributed by atoms with Crippen LogP contribution in [0.5, 0.6) is 0 Å². The molecule has 0 atom stereocenters. The molecule has 0 aliphatic heterocycles. The maximum atomic E-state index is 11.3. The van der Waals surface area contributed by atoms with Gasteiger partial charge in [0, 0.05) is 63.3 Å². The van der Waals surface area contributed by atoms with Crippen molar-refractivity contribution in [1.82, 2.24) is 9.78 Å². The van der Waals surface area contributed by atoms with E-state index in [0.29, 0.717) is 0 Å². The van der Waals surface area contributed by atoms with Gasteiger partial charge in [-0.1, -0.05) is 29.3 Å². The predicted octanol–water partition coefficient (Wildman–Crippen LogP) is 2.51. The number of nitriles is 1. The summed E-state index contributed by atoms with van der Waals surface area (Å²) in [6.45, 7) is 2.75. The minimum absolute atomic E-state index is 0. The van der Waals surface area contributed by atoms with E-state index in [-0.39, 0.29) is 134 Å². The van der Waals surface area contributed by atoms with E-state index in [0.717, 1.165) is 29.0 Å². The monoisotopic (exact) mass is 757 g/mol. The summed E-state index contributed by atoms with van der Waals surface area (Å²) in [5.41, 5.74) is 9.44. The van der Waals surface area contributed by atoms with Crippen LogP contribution in [0.2, 0.25) is 10.0 Å². The molecule has 34 heavy (non-hydrogen) atoms. The second-order valence-electron chi connectivity index (χ2n) is 6.51. The summed E-state index contributed by atoms with van der Waals surface area (Å²) in [6, 6.07) is 8.83. The Morgan fingerprint density at radius 3 is 2.35 bits per heavy atom. The summed E-state index contributed by atoms with van der Waals surface area (Å²) in [4.78, 5) is 1.35. The van der Waals surface area contributed by atoms with E-state index in [9.17, 15) is 18.2 Å². The van der Waals surface area contributed by atoms with Gasteiger partial charge in [-0.2, -0.15) is 15.5 Å². The molecule has 0 amide bonds. The van der Waals surface area contributed by atoms with Gasteiger partial charge in [0.25, 0.3) is 0 Å². The Morgan fingerprint density at radius 1 is 1.24 bits per heavy atom. The molecule has 0 saturated carbocycles. The molecule has 15 heteroatoms. The molecule has 3 rings (SSSR count). The molecule has 10 nitrogen and oxygen atoms in total. The van der Waals surface area contributed by atoms with E-state index >= 15 is 0 Å². The Labute approximate surface area is 285 Å². The molecule has 0 bridgehead atoms. The Kier molecular flexibility index (Phi) is 12.6. The van der Waals surface area contributed by atoms with Gasteiger partial charge >= 0.3 is 51.4 Å². The topological polar surface area (TPSA) is 151 Å². The van der Waals surface area contributed by atoms with Crippen LogP contribution in [-0.4, -0.2) is 36.3 Å². The average molecular weight is 758 g/mol. The van der Waals surface area contributed by atoms with Gasteiger partial charge in [0.2, 0.25) is 0 Å². The number of nitrogens with one attached hydrogen (secondary N) is 1. The van der Waals surface area contributed by atoms with E-state index in [1.165, 1.54) is 6.20 Å². The first-order valence-electron chi connectivity index (χ1n) is 8.98. The van der Waals surface area contributed by atoms with Gasteiger partial charge in [-0.05, 0) is 31.2 Å². The first-order valence-corrected chi connectivity index (χ1v) is 11.1. The van der Waals surface area contributed by atoms with Crippen molar-refractivity contribution in [1.29, 1.82) is 5.26 Å². The molecule has 0 saturated heterocycles. The average Bonchev–Trinajstić information content (AvgIpc) is 3.13. The number of hydrogen-bond donors (Lipinski definition) is 0. The van der Waals surface area contributed by atoms with Crippen molar-refractivity contribution < 1.29 is 108 Å². The number of azo groups is 1. The summed E-state index contributed by atoms with van der Waals surface area (Å²) in [7, 11) is -2.89. The third kappa shape index (κ3) is 7.24. The van der Waals surface area contributed by atoms with Crippen molar-refractivity contribution in [2.75, 3.05) is 18.5 Å². The van der Waals surface area contributed by atoms with Crippen molar-refractivity contribution in [3.63, 3.8) is 0 Å². The van der Waals surface area contributed by atoms with Crippen molar-refractivity contribution in [3.05, 3.63) is 57.9 Å². The number of rotatable bonds is 6. The van der Waals surface area contributed by atoms with Crippen molar-refractivity contribution >= 4 is 56.2 Å². The van der Waals surface area contributed by atoms with Gasteiger partial charge in [-0.25, -0.2) is 13.1 Å². The van der Waals surface area contributed by atoms with Crippen molar-refractivity contribution in [2.45, 2.75) is 11.8 Å². The molecule has 1 radical (unpaired) electrons. The third-order valence-corrected chi connectivity index (χ3v) is 5.89. The number of hydrogen-bond acceptors (Lipinski definition) is 8. The zero-order chi connectivity index (χ0) is 23.6. The summed E-state index contributed by atoms with van der Waals surface area (Å²) in [6.07, 6.45) is 1.21. The molecule has 2 aromatic carbocycles. The van der Waals surface area contributed by atoms with Crippen LogP contribution in [0.4, 0.5) is 22.9 Å². The second-order valence-corrected chi connectivity index (χ2v) is 8.70. The maximum absolute atomic E-state index is 11.3. The van der Waals surface area contributed by atoms with Crippen LogP contribution in [0.1, 0.15) is 12.5 Å². The summed E-state index contributed by atoms with van der Waals surface area (Å²) in [5.74, 6) is -0.0387. The zero-order valence-corrected chi connectivity index (χ0v) is 28.5. The van der Waals surface area contributed by atoms with Crippen LogP contribution in [0, 0.1) is 55.4 Å². The second kappa shape index (κ2) is 13.5. The number of nitrogens with zero attached hydrogens (tertiary/aromatic N) is 6. The molecule has 1 heterocycles. The number of benzene rings is 2. The van der Waals surface area contributed by atoms with Crippen molar-refractivity contribution in [2.24, 2.45) is 10.2 Å². The van der Waals surface area contributed by atoms with E-state index in [4.69, 9.17) is 28.9 Å². The first-order chi connectivity index (χ1) is 15.1. The van der Waals surface area contributed by atoms with Gasteiger partial charge < -0.3 is 15.2 Å². The molecule has 0 spiro atoms. The van der Waals surface area contributed by atoms with Gasteiger partial charge in [-0.15, -0.1) is 10.8 Å². The van der Waals surface area contributed by atoms with E-state index < -0.39 is 15.0 Å². The van der Waals surface area contributed by atoms with Crippen LogP contribution in [-0.2, 0) is 10.1 Å². The Morgan fingerprint density at radius 2 is 1.85 bits per heavy atom. The smallest absolute Gasteiger partial charge is 0.744 e. The first kappa shape index (κ1) is 31.9. The van der Waals surface area contributed by atoms with Crippen molar-refractivity contribution in [3.8, 4) is 11.8 Å². The normalized spacial score (nSPS) is 10.9. The van der Waals surface area contributed by atoms with Crippen LogP contribution >= 0.6 is 23.2 Å². The molecular weight excluding hydrogens is 743 g/mol. The van der Waals surface area contributed by atoms with Gasteiger partial charge in [-0.3, -0.25) is 0 Å². The van der Waals surface area contributed by atoms with Gasteiger partial charge in [0.1, 0.15) is 27.4 Å². The fourth-order valence-electron chi connectivity index (χ4n) is 2.70. The zero-order valence-electron chi connectivity index (χ0n) is 18.3. The van der Waals surface area contributed by atoms with Crippen LogP contribution in [0.3, 0.4) is 0 Å². The Hall–Kier alpha value is -0.0921. The van der Waals surface area contributed by atoms with E-state index in [2.05, 4.69) is 15.3 Å². The van der Waals surface area contributed by atoms with Crippen LogP contribution in [0.25, 0.3) is 11.4 Å². The molecule has 0 unspecified atom stereocenters. The summed E-state index contributed by atoms with van der Waals surface area (Å²) < 4.78 is 35.0. The van der Waals surface area contributed by atoms with Crippen LogP contribution in [0.15, 0.2) is 51.7 Å². The molecular formula is C19H15AcCl2KN7O3S-. The largest absolute Gasteiger partial charge is 1.00 e. The summed E-state index contributed by atoms with van der Waals surface area (Å²) >= 11 is 12.3. The quantitative estimate of drug-likeness (QED) is 0.214. The molecule has 0 aliphatic carbocycles. The Bertz CT molecular complexity index is 1350. The maximum Gasteiger partial charge on any atom is 1.00 e. The molecule has 3 aromatic rings. The standard InChI is InChI=1S/C19H16Cl2N7O3S.Ac.K/c1-3-27(2)12-4-5-17(16(23)6-12)25-26-19-11(9-22)10-24-28(19)18-14(20)7-13(8-15(18)21)32(29,30)31;;/h4-8,10,23H,3H2,1-2H3,(H,29,30,31);;/q-1;;+1/p-1. The SMILES string of the molecule is CCN(C)c1ccc(N=Nc2c(C#N)cnn2-c2c(Cl)cc(S(=O)(=O)[O-])cc2Cl)c([NH-])c1.[Ac].[K+]. The summed E-state index contributed by atoms with van der Waals surface area (Å²) in [5, 5.41) is 21.2. The third-order valence-electron chi connectivity index (χ3n) is 4.50. The molecule has 1 aromatic heterocycles.